The van der Waals surface area contributed by atoms with Crippen LogP contribution in [0.2, 0.25) is 0 Å². The van der Waals surface area contributed by atoms with Gasteiger partial charge in [0.05, 0.1) is 6.54 Å². The minimum Gasteiger partial charge on any atom is -0.381 e. The SMILES string of the molecule is CCNC(=NCC1(N2CCCC2)CCOCC1)NCCSc1ccccc1.I. The van der Waals surface area contributed by atoms with E-state index in [1.165, 1.54) is 30.8 Å². The molecule has 7 heteroatoms. The van der Waals surface area contributed by atoms with Gasteiger partial charge in [-0.2, -0.15) is 0 Å². The van der Waals surface area contributed by atoms with E-state index in [9.17, 15) is 0 Å². The number of rotatable bonds is 8. The second-order valence-electron chi connectivity index (χ2n) is 7.31. The molecule has 0 spiro atoms. The predicted octanol–water partition coefficient (Wildman–Crippen LogP) is 3.60. The van der Waals surface area contributed by atoms with Gasteiger partial charge in [-0.15, -0.1) is 35.7 Å². The van der Waals surface area contributed by atoms with Gasteiger partial charge in [0.1, 0.15) is 0 Å². The van der Waals surface area contributed by atoms with Gasteiger partial charge in [-0.3, -0.25) is 9.89 Å². The summed E-state index contributed by atoms with van der Waals surface area (Å²) in [6.45, 7) is 8.94. The van der Waals surface area contributed by atoms with Crippen LogP contribution >= 0.6 is 35.7 Å². The van der Waals surface area contributed by atoms with Crippen LogP contribution < -0.4 is 10.6 Å². The Morgan fingerprint density at radius 1 is 1.14 bits per heavy atom. The van der Waals surface area contributed by atoms with Crippen molar-refractivity contribution in [2.24, 2.45) is 4.99 Å². The van der Waals surface area contributed by atoms with Gasteiger partial charge in [-0.25, -0.2) is 0 Å². The largest absolute Gasteiger partial charge is 0.381 e. The highest BCUT2D eigenvalue weighted by molar-refractivity contribution is 14.0. The van der Waals surface area contributed by atoms with E-state index in [2.05, 4.69) is 52.8 Å². The number of thioether (sulfide) groups is 1. The van der Waals surface area contributed by atoms with Gasteiger partial charge in [0.2, 0.25) is 0 Å². The highest BCUT2D eigenvalue weighted by Crippen LogP contribution is 2.31. The molecule has 2 saturated heterocycles. The van der Waals surface area contributed by atoms with Crippen molar-refractivity contribution in [2.45, 2.75) is 43.0 Å². The Bertz CT molecular complexity index is 575. The number of aliphatic imine (C=N–C) groups is 1. The molecule has 0 saturated carbocycles. The van der Waals surface area contributed by atoms with Crippen LogP contribution in [-0.2, 0) is 4.74 Å². The molecule has 3 rings (SSSR count). The number of hydrogen-bond acceptors (Lipinski definition) is 4. The number of nitrogens with zero attached hydrogens (tertiary/aromatic N) is 2. The first-order chi connectivity index (χ1) is 13.3. The highest BCUT2D eigenvalue weighted by atomic mass is 127. The van der Waals surface area contributed by atoms with Crippen molar-refractivity contribution >= 4 is 41.7 Å². The average molecular weight is 519 g/mol. The zero-order valence-electron chi connectivity index (χ0n) is 17.0. The number of guanidine groups is 1. The monoisotopic (exact) mass is 518 g/mol. The van der Waals surface area contributed by atoms with E-state index in [0.717, 1.165) is 57.4 Å². The Hall–Kier alpha value is -0.510. The molecule has 0 aromatic heterocycles. The first kappa shape index (κ1) is 23.8. The molecule has 1 aromatic rings. The lowest BCUT2D eigenvalue weighted by molar-refractivity contribution is -0.0139. The first-order valence-electron chi connectivity index (χ1n) is 10.4. The molecule has 0 bridgehead atoms. The summed E-state index contributed by atoms with van der Waals surface area (Å²) in [6, 6.07) is 10.6. The van der Waals surface area contributed by atoms with Gasteiger partial charge in [0.25, 0.3) is 0 Å². The van der Waals surface area contributed by atoms with Crippen molar-refractivity contribution < 1.29 is 4.74 Å². The lowest BCUT2D eigenvalue weighted by atomic mass is 9.88. The quantitative estimate of drug-likeness (QED) is 0.181. The summed E-state index contributed by atoms with van der Waals surface area (Å²) < 4.78 is 5.65. The molecule has 0 radical (unpaired) electrons. The van der Waals surface area contributed by atoms with Crippen molar-refractivity contribution in [3.63, 3.8) is 0 Å². The van der Waals surface area contributed by atoms with Crippen LogP contribution in [0.1, 0.15) is 32.6 Å². The molecule has 2 N–H and O–H groups in total. The van der Waals surface area contributed by atoms with E-state index in [1.54, 1.807) is 0 Å². The molecule has 2 aliphatic heterocycles. The molecule has 0 atom stereocenters. The van der Waals surface area contributed by atoms with E-state index >= 15 is 0 Å². The van der Waals surface area contributed by atoms with Gasteiger partial charge in [0.15, 0.2) is 5.96 Å². The molecule has 2 aliphatic rings. The number of likely N-dealkylation sites (tertiary alicyclic amines) is 1. The maximum Gasteiger partial charge on any atom is 0.191 e. The zero-order valence-corrected chi connectivity index (χ0v) is 20.1. The smallest absolute Gasteiger partial charge is 0.191 e. The van der Waals surface area contributed by atoms with Crippen LogP contribution in [0.4, 0.5) is 0 Å². The van der Waals surface area contributed by atoms with Crippen molar-refractivity contribution in [2.75, 3.05) is 51.7 Å². The molecular formula is C21H35IN4OS. The van der Waals surface area contributed by atoms with Gasteiger partial charge in [-0.1, -0.05) is 18.2 Å². The van der Waals surface area contributed by atoms with Gasteiger partial charge in [0, 0.05) is 42.5 Å². The summed E-state index contributed by atoms with van der Waals surface area (Å²) in [7, 11) is 0. The molecule has 0 amide bonds. The van der Waals surface area contributed by atoms with Crippen LogP contribution in [0.25, 0.3) is 0 Å². The minimum atomic E-state index is 0. The lowest BCUT2D eigenvalue weighted by Crippen LogP contribution is -2.54. The Balaban J connectivity index is 0.00000280. The minimum absolute atomic E-state index is 0. The van der Waals surface area contributed by atoms with E-state index in [-0.39, 0.29) is 29.5 Å². The number of benzene rings is 1. The van der Waals surface area contributed by atoms with Crippen LogP contribution in [0.5, 0.6) is 0 Å². The molecule has 0 aliphatic carbocycles. The molecule has 1 aromatic carbocycles. The number of nitrogens with one attached hydrogen (secondary N) is 2. The van der Waals surface area contributed by atoms with E-state index < -0.39 is 0 Å². The second kappa shape index (κ2) is 12.9. The fourth-order valence-electron chi connectivity index (χ4n) is 3.94. The van der Waals surface area contributed by atoms with Crippen LogP contribution in [0.3, 0.4) is 0 Å². The van der Waals surface area contributed by atoms with Gasteiger partial charge >= 0.3 is 0 Å². The first-order valence-corrected chi connectivity index (χ1v) is 11.3. The Morgan fingerprint density at radius 3 is 2.54 bits per heavy atom. The summed E-state index contributed by atoms with van der Waals surface area (Å²) in [5.74, 6) is 1.97. The number of ether oxygens (including phenoxy) is 1. The molecule has 28 heavy (non-hydrogen) atoms. The third kappa shape index (κ3) is 7.07. The van der Waals surface area contributed by atoms with Crippen molar-refractivity contribution in [3.8, 4) is 0 Å². The highest BCUT2D eigenvalue weighted by Gasteiger charge is 2.39. The molecule has 2 heterocycles. The Morgan fingerprint density at radius 2 is 1.86 bits per heavy atom. The third-order valence-electron chi connectivity index (χ3n) is 5.48. The van der Waals surface area contributed by atoms with Crippen LogP contribution in [-0.4, -0.2) is 68.1 Å². The summed E-state index contributed by atoms with van der Waals surface area (Å²) in [6.07, 6.45) is 4.84. The summed E-state index contributed by atoms with van der Waals surface area (Å²) in [5, 5.41) is 6.92. The topological polar surface area (TPSA) is 48.9 Å². The molecule has 2 fully saturated rings. The van der Waals surface area contributed by atoms with Crippen LogP contribution in [0, 0.1) is 0 Å². The summed E-state index contributed by atoms with van der Waals surface area (Å²) >= 11 is 1.88. The van der Waals surface area contributed by atoms with Crippen LogP contribution in [0.15, 0.2) is 40.2 Å². The second-order valence-corrected chi connectivity index (χ2v) is 8.48. The fraction of sp³-hybridized carbons (Fsp3) is 0.667. The lowest BCUT2D eigenvalue weighted by Gasteiger charge is -2.43. The van der Waals surface area contributed by atoms with Gasteiger partial charge in [-0.05, 0) is 57.8 Å². The molecular weight excluding hydrogens is 483 g/mol. The fourth-order valence-corrected chi connectivity index (χ4v) is 4.73. The van der Waals surface area contributed by atoms with Crippen molar-refractivity contribution in [3.05, 3.63) is 30.3 Å². The zero-order chi connectivity index (χ0) is 18.8. The maximum atomic E-state index is 5.65. The molecule has 5 nitrogen and oxygen atoms in total. The Kier molecular flexibility index (Phi) is 11.0. The van der Waals surface area contributed by atoms with E-state index in [4.69, 9.17) is 9.73 Å². The van der Waals surface area contributed by atoms with Gasteiger partial charge < -0.3 is 15.4 Å². The normalized spacial score (nSPS) is 19.8. The van der Waals surface area contributed by atoms with E-state index in [1.807, 2.05) is 11.8 Å². The summed E-state index contributed by atoms with van der Waals surface area (Å²) in [4.78, 5) is 8.98. The molecule has 0 unspecified atom stereocenters. The standard InChI is InChI=1S/C21H34N4OS.HI/c1-2-22-20(23-12-17-27-19-8-4-3-5-9-19)24-18-21(10-15-26-16-11-21)25-13-6-7-14-25;/h3-5,8-9H,2,6-7,10-18H2,1H3,(H2,22,23,24);1H. The van der Waals surface area contributed by atoms with E-state index in [0.29, 0.717) is 0 Å². The summed E-state index contributed by atoms with van der Waals surface area (Å²) in [5.41, 5.74) is 0.190. The molecule has 158 valence electrons. The number of hydrogen-bond donors (Lipinski definition) is 2. The number of halogens is 1. The average Bonchev–Trinajstić information content (AvgIpc) is 3.26. The Labute approximate surface area is 191 Å². The van der Waals surface area contributed by atoms with Crippen molar-refractivity contribution in [1.82, 2.24) is 15.5 Å². The predicted molar refractivity (Wildman–Crippen MR) is 130 cm³/mol. The van der Waals surface area contributed by atoms with Crippen molar-refractivity contribution in [1.29, 1.82) is 0 Å². The third-order valence-corrected chi connectivity index (χ3v) is 6.50. The maximum absolute atomic E-state index is 5.65.